The third-order valence-electron chi connectivity index (χ3n) is 4.13. The SMILES string of the molecule is CCn1ccc(CNC(=O)c2ccn(Cn3nc(C)c([N+](=O)[O-])c3C)n2)n1. The third kappa shape index (κ3) is 3.86. The van der Waals surface area contributed by atoms with Gasteiger partial charge >= 0.3 is 5.69 Å². The van der Waals surface area contributed by atoms with Crippen molar-refractivity contribution in [2.75, 3.05) is 0 Å². The van der Waals surface area contributed by atoms with Crippen molar-refractivity contribution in [3.05, 3.63) is 57.4 Å². The zero-order chi connectivity index (χ0) is 19.6. The van der Waals surface area contributed by atoms with E-state index in [2.05, 4.69) is 20.6 Å². The van der Waals surface area contributed by atoms with Crippen LogP contribution in [0, 0.1) is 24.0 Å². The number of rotatable bonds is 7. The van der Waals surface area contributed by atoms with Crippen molar-refractivity contribution in [3.8, 4) is 0 Å². The Morgan fingerprint density at radius 1 is 1.19 bits per heavy atom. The van der Waals surface area contributed by atoms with Crippen LogP contribution >= 0.6 is 0 Å². The monoisotopic (exact) mass is 372 g/mol. The van der Waals surface area contributed by atoms with Crippen molar-refractivity contribution in [2.24, 2.45) is 0 Å². The number of nitrogens with one attached hydrogen (secondary N) is 1. The molecule has 11 heteroatoms. The first-order valence-electron chi connectivity index (χ1n) is 8.41. The molecule has 0 saturated carbocycles. The van der Waals surface area contributed by atoms with Gasteiger partial charge in [0, 0.05) is 18.9 Å². The zero-order valence-corrected chi connectivity index (χ0v) is 15.3. The smallest absolute Gasteiger partial charge is 0.312 e. The normalized spacial score (nSPS) is 10.9. The molecule has 0 saturated heterocycles. The number of hydrogen-bond acceptors (Lipinski definition) is 6. The number of hydrogen-bond donors (Lipinski definition) is 1. The van der Waals surface area contributed by atoms with Crippen molar-refractivity contribution < 1.29 is 9.72 Å². The van der Waals surface area contributed by atoms with Crippen LogP contribution in [0.1, 0.15) is 34.5 Å². The molecule has 3 rings (SSSR count). The maximum absolute atomic E-state index is 12.2. The van der Waals surface area contributed by atoms with Crippen LogP contribution < -0.4 is 5.32 Å². The van der Waals surface area contributed by atoms with Crippen LogP contribution in [0.5, 0.6) is 0 Å². The van der Waals surface area contributed by atoms with Gasteiger partial charge in [-0.3, -0.25) is 24.3 Å². The predicted octanol–water partition coefficient (Wildman–Crippen LogP) is 1.26. The van der Waals surface area contributed by atoms with Gasteiger partial charge in [-0.1, -0.05) is 0 Å². The van der Waals surface area contributed by atoms with Crippen LogP contribution in [0.15, 0.2) is 24.5 Å². The fourth-order valence-corrected chi connectivity index (χ4v) is 2.72. The van der Waals surface area contributed by atoms with Gasteiger partial charge in [0.15, 0.2) is 0 Å². The molecule has 0 bridgehead atoms. The van der Waals surface area contributed by atoms with Crippen LogP contribution in [0.4, 0.5) is 5.69 Å². The molecule has 3 aromatic rings. The minimum Gasteiger partial charge on any atom is -0.345 e. The molecule has 142 valence electrons. The Hall–Kier alpha value is -3.50. The van der Waals surface area contributed by atoms with Gasteiger partial charge < -0.3 is 5.32 Å². The highest BCUT2D eigenvalue weighted by molar-refractivity contribution is 5.92. The lowest BCUT2D eigenvalue weighted by molar-refractivity contribution is -0.386. The van der Waals surface area contributed by atoms with E-state index < -0.39 is 4.92 Å². The molecule has 0 spiro atoms. The summed E-state index contributed by atoms with van der Waals surface area (Å²) in [4.78, 5) is 22.9. The van der Waals surface area contributed by atoms with Gasteiger partial charge in [-0.05, 0) is 32.9 Å². The molecule has 0 atom stereocenters. The highest BCUT2D eigenvalue weighted by Gasteiger charge is 2.22. The summed E-state index contributed by atoms with van der Waals surface area (Å²) >= 11 is 0. The summed E-state index contributed by atoms with van der Waals surface area (Å²) in [7, 11) is 0. The Kier molecular flexibility index (Phi) is 5.01. The Morgan fingerprint density at radius 3 is 2.56 bits per heavy atom. The van der Waals surface area contributed by atoms with E-state index in [0.29, 0.717) is 17.9 Å². The molecule has 0 aliphatic rings. The first-order chi connectivity index (χ1) is 12.9. The van der Waals surface area contributed by atoms with Gasteiger partial charge in [0.25, 0.3) is 5.91 Å². The average molecular weight is 372 g/mol. The van der Waals surface area contributed by atoms with Gasteiger partial charge in [-0.2, -0.15) is 15.3 Å². The van der Waals surface area contributed by atoms with E-state index in [1.165, 1.54) is 9.36 Å². The zero-order valence-electron chi connectivity index (χ0n) is 15.3. The van der Waals surface area contributed by atoms with Crippen LogP contribution in [-0.4, -0.2) is 40.2 Å². The quantitative estimate of drug-likeness (QED) is 0.491. The van der Waals surface area contributed by atoms with E-state index in [9.17, 15) is 14.9 Å². The summed E-state index contributed by atoms with van der Waals surface area (Å²) in [5.74, 6) is -0.320. The molecule has 3 heterocycles. The Morgan fingerprint density at radius 2 is 1.93 bits per heavy atom. The van der Waals surface area contributed by atoms with Crippen LogP contribution in [0.25, 0.3) is 0 Å². The number of nitrogens with zero attached hydrogens (tertiary/aromatic N) is 7. The standard InChI is InChI=1S/C16H20N8O3/c1-4-21-7-5-13(19-21)9-17-16(25)14-6-8-22(20-14)10-23-12(3)15(24(26)27)11(2)18-23/h5-8H,4,9-10H2,1-3H3,(H,17,25). The van der Waals surface area contributed by atoms with Crippen molar-refractivity contribution >= 4 is 11.6 Å². The molecule has 0 aromatic carbocycles. The lowest BCUT2D eigenvalue weighted by Gasteiger charge is -2.04. The first-order valence-corrected chi connectivity index (χ1v) is 8.41. The minimum atomic E-state index is -0.448. The fraction of sp³-hybridized carbons (Fsp3) is 0.375. The summed E-state index contributed by atoms with van der Waals surface area (Å²) in [5, 5.41) is 26.5. The molecular weight excluding hydrogens is 352 g/mol. The molecule has 1 N–H and O–H groups in total. The molecular formula is C16H20N8O3. The molecule has 1 amide bonds. The topological polar surface area (TPSA) is 126 Å². The Bertz CT molecular complexity index is 984. The maximum Gasteiger partial charge on any atom is 0.312 e. The highest BCUT2D eigenvalue weighted by Crippen LogP contribution is 2.21. The average Bonchev–Trinajstić information content (AvgIpc) is 3.33. The lowest BCUT2D eigenvalue weighted by atomic mass is 10.3. The molecule has 11 nitrogen and oxygen atoms in total. The number of amides is 1. The van der Waals surface area contributed by atoms with Gasteiger partial charge in [-0.15, -0.1) is 0 Å². The van der Waals surface area contributed by atoms with Crippen LogP contribution in [0.2, 0.25) is 0 Å². The van der Waals surface area contributed by atoms with Crippen LogP contribution in [0.3, 0.4) is 0 Å². The molecule has 0 aliphatic carbocycles. The molecule has 27 heavy (non-hydrogen) atoms. The second-order valence-corrected chi connectivity index (χ2v) is 6.00. The summed E-state index contributed by atoms with van der Waals surface area (Å²) in [5.41, 5.74) is 1.78. The van der Waals surface area contributed by atoms with E-state index in [1.807, 2.05) is 19.2 Å². The van der Waals surface area contributed by atoms with Crippen molar-refractivity contribution in [1.29, 1.82) is 0 Å². The largest absolute Gasteiger partial charge is 0.345 e. The van der Waals surface area contributed by atoms with E-state index in [1.54, 1.807) is 30.8 Å². The summed E-state index contributed by atoms with van der Waals surface area (Å²) in [6, 6.07) is 3.43. The van der Waals surface area contributed by atoms with Gasteiger partial charge in [0.05, 0.1) is 17.2 Å². The third-order valence-corrected chi connectivity index (χ3v) is 4.13. The molecule has 0 radical (unpaired) electrons. The molecule has 0 unspecified atom stereocenters. The van der Waals surface area contributed by atoms with Crippen molar-refractivity contribution in [2.45, 2.75) is 40.5 Å². The van der Waals surface area contributed by atoms with E-state index >= 15 is 0 Å². The van der Waals surface area contributed by atoms with Gasteiger partial charge in [0.2, 0.25) is 0 Å². The van der Waals surface area contributed by atoms with Crippen molar-refractivity contribution in [1.82, 2.24) is 34.7 Å². The van der Waals surface area contributed by atoms with Gasteiger partial charge in [0.1, 0.15) is 23.8 Å². The Labute approximate surface area is 154 Å². The number of carbonyl (C=O) groups is 1. The van der Waals surface area contributed by atoms with E-state index in [0.717, 1.165) is 12.2 Å². The molecule has 3 aromatic heterocycles. The maximum atomic E-state index is 12.2. The van der Waals surface area contributed by atoms with Gasteiger partial charge in [-0.25, -0.2) is 4.68 Å². The second-order valence-electron chi connectivity index (χ2n) is 6.00. The fourth-order valence-electron chi connectivity index (χ4n) is 2.72. The highest BCUT2D eigenvalue weighted by atomic mass is 16.6. The number of aromatic nitrogens is 6. The minimum absolute atomic E-state index is 0.00774. The van der Waals surface area contributed by atoms with Crippen molar-refractivity contribution in [3.63, 3.8) is 0 Å². The lowest BCUT2D eigenvalue weighted by Crippen LogP contribution is -2.24. The number of aryl methyl sites for hydroxylation is 2. The summed E-state index contributed by atoms with van der Waals surface area (Å²) in [6.45, 7) is 6.45. The first kappa shape index (κ1) is 18.3. The number of nitro groups is 1. The Balaban J connectivity index is 1.65. The number of carbonyl (C=O) groups excluding carboxylic acids is 1. The van der Waals surface area contributed by atoms with E-state index in [-0.39, 0.29) is 24.0 Å². The summed E-state index contributed by atoms with van der Waals surface area (Å²) in [6.07, 6.45) is 3.48. The van der Waals surface area contributed by atoms with E-state index in [4.69, 9.17) is 0 Å². The predicted molar refractivity (Wildman–Crippen MR) is 95.1 cm³/mol. The molecule has 0 fully saturated rings. The molecule has 0 aliphatic heterocycles. The summed E-state index contributed by atoms with van der Waals surface area (Å²) < 4.78 is 4.77. The second kappa shape index (κ2) is 7.40. The van der Waals surface area contributed by atoms with Crippen LogP contribution in [-0.2, 0) is 19.8 Å².